The first-order valence-corrected chi connectivity index (χ1v) is 7.19. The molecule has 116 valence electrons. The minimum Gasteiger partial charge on any atom is -0.394 e. The van der Waals surface area contributed by atoms with E-state index in [1.807, 2.05) is 37.3 Å². The lowest BCUT2D eigenvalue weighted by Crippen LogP contribution is -2.28. The highest BCUT2D eigenvalue weighted by Gasteiger charge is 2.35. The van der Waals surface area contributed by atoms with Crippen LogP contribution in [-0.4, -0.2) is 38.6 Å². The van der Waals surface area contributed by atoms with Crippen LogP contribution in [0.2, 0.25) is 0 Å². The average Bonchev–Trinajstić information content (AvgIpc) is 2.91. The van der Waals surface area contributed by atoms with E-state index < -0.39 is 24.1 Å². The van der Waals surface area contributed by atoms with Crippen molar-refractivity contribution in [1.82, 2.24) is 9.55 Å². The maximum absolute atomic E-state index is 12.3. The molecule has 0 amide bonds. The molecule has 3 rings (SSSR count). The second-order valence-electron chi connectivity index (χ2n) is 5.44. The van der Waals surface area contributed by atoms with E-state index in [1.54, 1.807) is 6.20 Å². The highest BCUT2D eigenvalue weighted by Crippen LogP contribution is 2.28. The molecular weight excluding hydrogens is 284 g/mol. The lowest BCUT2D eigenvalue weighted by atomic mass is 10.1. The summed E-state index contributed by atoms with van der Waals surface area (Å²) in [5.41, 5.74) is 1.93. The van der Waals surface area contributed by atoms with Crippen molar-refractivity contribution in [1.29, 1.82) is 0 Å². The van der Waals surface area contributed by atoms with Gasteiger partial charge >= 0.3 is 5.69 Å². The molecule has 1 fully saturated rings. The average molecular weight is 302 g/mol. The maximum atomic E-state index is 12.3. The summed E-state index contributed by atoms with van der Waals surface area (Å²) in [6, 6.07) is 9.49. The molecule has 6 heteroatoms. The first kappa shape index (κ1) is 14.9. The zero-order chi connectivity index (χ0) is 15.7. The molecule has 1 aromatic heterocycles. The zero-order valence-corrected chi connectivity index (χ0v) is 12.2. The Hall–Kier alpha value is -2.02. The van der Waals surface area contributed by atoms with Gasteiger partial charge in [-0.15, -0.1) is 0 Å². The van der Waals surface area contributed by atoms with Crippen LogP contribution in [-0.2, 0) is 4.74 Å². The van der Waals surface area contributed by atoms with E-state index >= 15 is 0 Å². The Balaban J connectivity index is 1.96. The Kier molecular flexibility index (Phi) is 4.06. The number of hydrogen-bond acceptors (Lipinski definition) is 5. The van der Waals surface area contributed by atoms with E-state index in [1.165, 1.54) is 4.57 Å². The van der Waals surface area contributed by atoms with Crippen molar-refractivity contribution in [2.75, 3.05) is 6.61 Å². The number of hydrogen-bond donors (Lipinski definition) is 2. The van der Waals surface area contributed by atoms with Crippen LogP contribution < -0.4 is 5.69 Å². The Bertz CT molecular complexity index is 714. The van der Waals surface area contributed by atoms with E-state index in [0.29, 0.717) is 5.69 Å². The SMILES string of the molecule is Cc1cn([C@H]2C[C@H](O)[C@@H](CO)O2)c(=O)nc1-c1ccccc1. The van der Waals surface area contributed by atoms with Gasteiger partial charge < -0.3 is 14.9 Å². The molecule has 6 nitrogen and oxygen atoms in total. The summed E-state index contributed by atoms with van der Waals surface area (Å²) in [7, 11) is 0. The van der Waals surface area contributed by atoms with Gasteiger partial charge in [-0.2, -0.15) is 4.98 Å². The van der Waals surface area contributed by atoms with Crippen molar-refractivity contribution in [2.24, 2.45) is 0 Å². The van der Waals surface area contributed by atoms with Gasteiger partial charge in [0.15, 0.2) is 0 Å². The molecule has 2 aromatic rings. The minimum atomic E-state index is -0.781. The van der Waals surface area contributed by atoms with Crippen LogP contribution in [0, 0.1) is 6.92 Å². The van der Waals surface area contributed by atoms with Crippen LogP contribution in [0.25, 0.3) is 11.3 Å². The molecule has 3 atom stereocenters. The van der Waals surface area contributed by atoms with Crippen molar-refractivity contribution < 1.29 is 14.9 Å². The zero-order valence-electron chi connectivity index (χ0n) is 12.2. The standard InChI is InChI=1S/C16H18N2O4/c1-10-8-18(14-7-12(20)13(9-19)22-14)16(21)17-15(10)11-5-3-2-4-6-11/h2-6,8,12-14,19-20H,7,9H2,1H3/t12-,13+,14+/m0/s1. The molecule has 0 spiro atoms. The van der Waals surface area contributed by atoms with Crippen LogP contribution in [0.3, 0.4) is 0 Å². The summed E-state index contributed by atoms with van der Waals surface area (Å²) in [6.45, 7) is 1.60. The molecule has 0 bridgehead atoms. The van der Waals surface area contributed by atoms with Gasteiger partial charge in [-0.25, -0.2) is 4.79 Å². The first-order chi connectivity index (χ1) is 10.6. The van der Waals surface area contributed by atoms with E-state index in [2.05, 4.69) is 4.98 Å². The number of aliphatic hydroxyl groups is 2. The smallest absolute Gasteiger partial charge is 0.350 e. The molecule has 0 unspecified atom stereocenters. The van der Waals surface area contributed by atoms with Crippen LogP contribution in [0.5, 0.6) is 0 Å². The van der Waals surface area contributed by atoms with Crippen LogP contribution in [0.1, 0.15) is 18.2 Å². The maximum Gasteiger partial charge on any atom is 0.350 e. The lowest BCUT2D eigenvalue weighted by molar-refractivity contribution is -0.0459. The summed E-state index contributed by atoms with van der Waals surface area (Å²) in [4.78, 5) is 16.4. The third-order valence-corrected chi connectivity index (χ3v) is 3.88. The third-order valence-electron chi connectivity index (χ3n) is 3.88. The number of nitrogens with zero attached hydrogens (tertiary/aromatic N) is 2. The number of rotatable bonds is 3. The topological polar surface area (TPSA) is 84.6 Å². The highest BCUT2D eigenvalue weighted by molar-refractivity contribution is 5.61. The van der Waals surface area contributed by atoms with E-state index in [4.69, 9.17) is 9.84 Å². The van der Waals surface area contributed by atoms with Crippen molar-refractivity contribution in [3.8, 4) is 11.3 Å². The predicted molar refractivity (Wildman–Crippen MR) is 80.3 cm³/mol. The van der Waals surface area contributed by atoms with Gasteiger partial charge in [-0.05, 0) is 12.5 Å². The Morgan fingerprint density at radius 2 is 2.09 bits per heavy atom. The van der Waals surface area contributed by atoms with Crippen molar-refractivity contribution in [2.45, 2.75) is 31.8 Å². The molecule has 1 aromatic carbocycles. The monoisotopic (exact) mass is 302 g/mol. The predicted octanol–water partition coefficient (Wildman–Crippen LogP) is 0.859. The summed E-state index contributed by atoms with van der Waals surface area (Å²) in [6.07, 6.45) is -0.0937. The normalized spacial score (nSPS) is 24.6. The second kappa shape index (κ2) is 6.00. The van der Waals surface area contributed by atoms with Crippen molar-refractivity contribution in [3.05, 3.63) is 52.6 Å². The largest absolute Gasteiger partial charge is 0.394 e. The molecule has 1 aliphatic heterocycles. The summed E-state index contributed by atoms with van der Waals surface area (Å²) in [5, 5.41) is 18.9. The van der Waals surface area contributed by atoms with Gasteiger partial charge in [0.05, 0.1) is 18.4 Å². The molecule has 0 radical (unpaired) electrons. The summed E-state index contributed by atoms with van der Waals surface area (Å²) < 4.78 is 6.89. The number of aliphatic hydroxyl groups excluding tert-OH is 2. The van der Waals surface area contributed by atoms with Gasteiger partial charge in [0.2, 0.25) is 0 Å². The molecule has 1 saturated heterocycles. The molecular formula is C16H18N2O4. The molecule has 1 aliphatic rings. The van der Waals surface area contributed by atoms with Gasteiger partial charge in [-0.3, -0.25) is 4.57 Å². The quantitative estimate of drug-likeness (QED) is 0.878. The van der Waals surface area contributed by atoms with E-state index in [-0.39, 0.29) is 13.0 Å². The van der Waals surface area contributed by atoms with Crippen molar-refractivity contribution >= 4 is 0 Å². The molecule has 2 N–H and O–H groups in total. The number of aryl methyl sites for hydroxylation is 1. The van der Waals surface area contributed by atoms with Gasteiger partial charge in [-0.1, -0.05) is 30.3 Å². The number of aromatic nitrogens is 2. The molecule has 0 saturated carbocycles. The van der Waals surface area contributed by atoms with Gasteiger partial charge in [0.1, 0.15) is 12.3 Å². The molecule has 0 aliphatic carbocycles. The Morgan fingerprint density at radius 3 is 2.73 bits per heavy atom. The number of benzene rings is 1. The third kappa shape index (κ3) is 2.68. The second-order valence-corrected chi connectivity index (χ2v) is 5.44. The highest BCUT2D eigenvalue weighted by atomic mass is 16.5. The van der Waals surface area contributed by atoms with Crippen LogP contribution in [0.15, 0.2) is 41.3 Å². The molecule has 2 heterocycles. The number of ether oxygens (including phenoxy) is 1. The van der Waals surface area contributed by atoms with E-state index in [0.717, 1.165) is 11.1 Å². The fourth-order valence-corrected chi connectivity index (χ4v) is 2.71. The lowest BCUT2D eigenvalue weighted by Gasteiger charge is -2.16. The first-order valence-electron chi connectivity index (χ1n) is 7.19. The Labute approximate surface area is 127 Å². The summed E-state index contributed by atoms with van der Waals surface area (Å²) >= 11 is 0. The minimum absolute atomic E-state index is 0.261. The van der Waals surface area contributed by atoms with Gasteiger partial charge in [0.25, 0.3) is 0 Å². The van der Waals surface area contributed by atoms with Crippen molar-refractivity contribution in [3.63, 3.8) is 0 Å². The van der Waals surface area contributed by atoms with Crippen LogP contribution in [0.4, 0.5) is 0 Å². The summed E-state index contributed by atoms with van der Waals surface area (Å²) in [5.74, 6) is 0. The fourth-order valence-electron chi connectivity index (χ4n) is 2.71. The Morgan fingerprint density at radius 1 is 1.36 bits per heavy atom. The van der Waals surface area contributed by atoms with E-state index in [9.17, 15) is 9.90 Å². The molecule has 22 heavy (non-hydrogen) atoms. The van der Waals surface area contributed by atoms with Crippen LogP contribution >= 0.6 is 0 Å². The fraction of sp³-hybridized carbons (Fsp3) is 0.375. The van der Waals surface area contributed by atoms with Gasteiger partial charge in [0, 0.05) is 18.2 Å².